The Labute approximate surface area is 196 Å². The van der Waals surface area contributed by atoms with Crippen LogP contribution in [0.2, 0.25) is 5.02 Å². The van der Waals surface area contributed by atoms with Crippen LogP contribution in [0.5, 0.6) is 0 Å². The van der Waals surface area contributed by atoms with Crippen LogP contribution in [0, 0.1) is 6.92 Å². The predicted molar refractivity (Wildman–Crippen MR) is 127 cm³/mol. The smallest absolute Gasteiger partial charge is 0.291 e. The molecule has 0 spiro atoms. The summed E-state index contributed by atoms with van der Waals surface area (Å²) < 4.78 is 3.51. The fourth-order valence-corrected chi connectivity index (χ4v) is 5.14. The van der Waals surface area contributed by atoms with Crippen molar-refractivity contribution < 1.29 is 0 Å². The Hall–Kier alpha value is -3.17. The Balaban J connectivity index is 1.29. The number of nitrogens with one attached hydrogen (secondary N) is 1. The van der Waals surface area contributed by atoms with Gasteiger partial charge in [-0.05, 0) is 43.5 Å². The molecule has 0 saturated carbocycles. The van der Waals surface area contributed by atoms with Crippen molar-refractivity contribution in [3.8, 4) is 0 Å². The normalized spacial score (nSPS) is 19.9. The third-order valence-electron chi connectivity index (χ3n) is 6.71. The van der Waals surface area contributed by atoms with Gasteiger partial charge in [0.25, 0.3) is 5.56 Å². The van der Waals surface area contributed by atoms with Gasteiger partial charge in [-0.1, -0.05) is 11.6 Å². The number of aryl methyl sites for hydroxylation is 2. The molecule has 3 aliphatic rings. The van der Waals surface area contributed by atoms with Gasteiger partial charge in [0.1, 0.15) is 17.0 Å². The van der Waals surface area contributed by atoms with Gasteiger partial charge in [0.05, 0.1) is 23.8 Å². The van der Waals surface area contributed by atoms with Crippen LogP contribution < -0.4 is 15.9 Å². The first kappa shape index (κ1) is 20.4. The first-order valence-electron chi connectivity index (χ1n) is 11.2. The van der Waals surface area contributed by atoms with Crippen LogP contribution in [0.15, 0.2) is 34.9 Å². The summed E-state index contributed by atoms with van der Waals surface area (Å²) >= 11 is 6.18. The largest absolute Gasteiger partial charge is 0.325 e. The summed E-state index contributed by atoms with van der Waals surface area (Å²) in [6.45, 7) is 7.30. The molecule has 0 radical (unpaired) electrons. The molecule has 1 N–H and O–H groups in total. The number of halogens is 1. The number of fused-ring (bicyclic) bond motifs is 3. The second kappa shape index (κ2) is 7.71. The van der Waals surface area contributed by atoms with E-state index >= 15 is 0 Å². The van der Waals surface area contributed by atoms with E-state index in [2.05, 4.69) is 44.4 Å². The number of hydrogen-bond donors (Lipinski definition) is 1. The van der Waals surface area contributed by atoms with Crippen LogP contribution in [-0.4, -0.2) is 48.6 Å². The minimum absolute atomic E-state index is 0.121. The van der Waals surface area contributed by atoms with E-state index in [0.29, 0.717) is 11.5 Å². The third kappa shape index (κ3) is 3.34. The average Bonchev–Trinajstić information content (AvgIpc) is 3.31. The van der Waals surface area contributed by atoms with E-state index in [0.717, 1.165) is 61.8 Å². The summed E-state index contributed by atoms with van der Waals surface area (Å²) in [5, 5.41) is 4.58. The Morgan fingerprint density at radius 3 is 2.97 bits per heavy atom. The van der Waals surface area contributed by atoms with Crippen molar-refractivity contribution >= 4 is 29.2 Å². The summed E-state index contributed by atoms with van der Waals surface area (Å²) in [4.78, 5) is 26.6. The molecule has 0 aliphatic carbocycles. The van der Waals surface area contributed by atoms with Gasteiger partial charge in [0.15, 0.2) is 5.82 Å². The van der Waals surface area contributed by atoms with Crippen LogP contribution >= 0.6 is 11.6 Å². The number of hydrogen-bond acceptors (Lipinski definition) is 7. The molecular formula is C23H25ClN8O. The number of aromatic nitrogens is 5. The van der Waals surface area contributed by atoms with Crippen LogP contribution in [0.4, 0.5) is 11.5 Å². The van der Waals surface area contributed by atoms with E-state index in [1.54, 1.807) is 6.92 Å². The van der Waals surface area contributed by atoms with Crippen LogP contribution in [0.3, 0.4) is 0 Å². The SMILES string of the molecule is CC1=Cc2nc(C)c(Cl)c(=O)n2NC1N1CCc2ncc(N3CCCn4nccc43)cc2C1. The lowest BCUT2D eigenvalue weighted by molar-refractivity contribution is 0.205. The fraction of sp³-hybridized carbons (Fsp3) is 0.391. The van der Waals surface area contributed by atoms with Gasteiger partial charge in [0, 0.05) is 44.4 Å². The monoisotopic (exact) mass is 464 g/mol. The van der Waals surface area contributed by atoms with E-state index in [4.69, 9.17) is 16.6 Å². The quantitative estimate of drug-likeness (QED) is 0.624. The van der Waals surface area contributed by atoms with E-state index in [9.17, 15) is 4.79 Å². The fourth-order valence-electron chi connectivity index (χ4n) is 5.01. The van der Waals surface area contributed by atoms with E-state index in [-0.39, 0.29) is 16.7 Å². The van der Waals surface area contributed by atoms with Crippen molar-refractivity contribution in [1.29, 1.82) is 0 Å². The third-order valence-corrected chi connectivity index (χ3v) is 7.15. The van der Waals surface area contributed by atoms with Gasteiger partial charge in [-0.15, -0.1) is 0 Å². The molecule has 0 amide bonds. The minimum atomic E-state index is -0.268. The van der Waals surface area contributed by atoms with Gasteiger partial charge < -0.3 is 4.90 Å². The van der Waals surface area contributed by atoms with Gasteiger partial charge in [-0.25, -0.2) is 14.3 Å². The standard InChI is InChI=1S/C23H25ClN8O/c1-14-10-19-27-15(2)21(24)23(33)32(19)28-22(14)29-9-5-18-16(13-29)11-17(12-25-18)30-7-3-8-31-20(30)4-6-26-31/h4,6,10-12,22,28H,3,5,7-9,13H2,1-2H3. The number of rotatable bonds is 2. The second-order valence-corrected chi connectivity index (χ2v) is 9.25. The predicted octanol–water partition coefficient (Wildman–Crippen LogP) is 2.68. The maximum Gasteiger partial charge on any atom is 0.291 e. The molecule has 3 aliphatic heterocycles. The highest BCUT2D eigenvalue weighted by Gasteiger charge is 2.30. The Morgan fingerprint density at radius 1 is 1.21 bits per heavy atom. The molecule has 9 nitrogen and oxygen atoms in total. The Kier molecular flexibility index (Phi) is 4.77. The number of anilines is 2. The second-order valence-electron chi connectivity index (χ2n) is 8.87. The molecule has 170 valence electrons. The zero-order valence-corrected chi connectivity index (χ0v) is 19.4. The highest BCUT2D eigenvalue weighted by Crippen LogP contribution is 2.32. The molecule has 6 heterocycles. The summed E-state index contributed by atoms with van der Waals surface area (Å²) in [7, 11) is 0. The van der Waals surface area contributed by atoms with Crippen molar-refractivity contribution in [3.63, 3.8) is 0 Å². The molecule has 0 fully saturated rings. The first-order chi connectivity index (χ1) is 16.0. The molecule has 0 aromatic carbocycles. The van der Waals surface area contributed by atoms with Crippen LogP contribution in [0.1, 0.15) is 36.1 Å². The molecule has 1 unspecified atom stereocenters. The van der Waals surface area contributed by atoms with E-state index in [1.807, 2.05) is 23.2 Å². The van der Waals surface area contributed by atoms with E-state index in [1.165, 1.54) is 10.2 Å². The summed E-state index contributed by atoms with van der Waals surface area (Å²) in [5.74, 6) is 1.69. The number of pyridine rings is 1. The van der Waals surface area contributed by atoms with Crippen molar-refractivity contribution in [2.45, 2.75) is 45.9 Å². The van der Waals surface area contributed by atoms with Crippen LogP contribution in [-0.2, 0) is 19.5 Å². The summed E-state index contributed by atoms with van der Waals surface area (Å²) in [6, 6.07) is 4.31. The van der Waals surface area contributed by atoms with E-state index < -0.39 is 0 Å². The van der Waals surface area contributed by atoms with Crippen molar-refractivity contribution in [2.75, 3.05) is 23.4 Å². The highest BCUT2D eigenvalue weighted by molar-refractivity contribution is 6.31. The molecule has 10 heteroatoms. The maximum atomic E-state index is 12.7. The molecule has 3 aromatic heterocycles. The molecule has 6 rings (SSSR count). The minimum Gasteiger partial charge on any atom is -0.325 e. The van der Waals surface area contributed by atoms with Gasteiger partial charge in [0.2, 0.25) is 0 Å². The maximum absolute atomic E-state index is 12.7. The molecule has 3 aromatic rings. The molecule has 33 heavy (non-hydrogen) atoms. The Morgan fingerprint density at radius 2 is 2.09 bits per heavy atom. The zero-order valence-electron chi connectivity index (χ0n) is 18.6. The summed E-state index contributed by atoms with van der Waals surface area (Å²) in [6.07, 6.45) is 7.58. The molecule has 0 saturated heterocycles. The number of nitrogens with zero attached hydrogens (tertiary/aromatic N) is 7. The molecule has 0 bridgehead atoms. The molecule has 1 atom stereocenters. The van der Waals surface area contributed by atoms with Gasteiger partial charge in [-0.2, -0.15) is 5.10 Å². The Bertz CT molecular complexity index is 1340. The van der Waals surface area contributed by atoms with Crippen molar-refractivity contribution in [1.82, 2.24) is 29.3 Å². The van der Waals surface area contributed by atoms with Crippen molar-refractivity contribution in [3.05, 3.63) is 68.3 Å². The zero-order chi connectivity index (χ0) is 22.7. The van der Waals surface area contributed by atoms with Crippen LogP contribution in [0.25, 0.3) is 6.08 Å². The lowest BCUT2D eigenvalue weighted by Crippen LogP contribution is -2.52. The van der Waals surface area contributed by atoms with Gasteiger partial charge >= 0.3 is 0 Å². The van der Waals surface area contributed by atoms with Crippen molar-refractivity contribution in [2.24, 2.45) is 0 Å². The summed E-state index contributed by atoms with van der Waals surface area (Å²) in [5.41, 5.74) is 8.16. The average molecular weight is 465 g/mol. The molecular weight excluding hydrogens is 440 g/mol. The lowest BCUT2D eigenvalue weighted by Gasteiger charge is -2.39. The first-order valence-corrected chi connectivity index (χ1v) is 11.6. The highest BCUT2D eigenvalue weighted by atomic mass is 35.5. The topological polar surface area (TPSA) is 84.1 Å². The lowest BCUT2D eigenvalue weighted by atomic mass is 10.0. The van der Waals surface area contributed by atoms with Gasteiger partial charge in [-0.3, -0.25) is 20.1 Å².